The van der Waals surface area contributed by atoms with E-state index in [4.69, 9.17) is 0 Å². The number of hydrogen-bond donors (Lipinski definition) is 2. The molecule has 0 spiro atoms. The van der Waals surface area contributed by atoms with Crippen LogP contribution in [-0.2, 0) is 25.7 Å². The topological polar surface area (TPSA) is 489 Å². The predicted molar refractivity (Wildman–Crippen MR) is 558 cm³/mol. The van der Waals surface area contributed by atoms with Gasteiger partial charge in [-0.1, -0.05) is 184 Å². The molecule has 31 nitrogen and oxygen atoms in total. The Balaban J connectivity index is 0.000000786. The zero-order valence-corrected chi connectivity index (χ0v) is 87.6. The summed E-state index contributed by atoms with van der Waals surface area (Å²) < 4.78 is 0. The number of benzene rings is 6. The zero-order valence-electron chi connectivity index (χ0n) is 86.8. The first-order chi connectivity index (χ1) is 68.1. The van der Waals surface area contributed by atoms with Crippen molar-refractivity contribution in [1.82, 2.24) is 55.3 Å². The number of Topliss-reactive ketones (excluding diaryl/α,β-unsaturated/α-hetero) is 20. The second-order valence-corrected chi connectivity index (χ2v) is 32.9. The maximum absolute atomic E-state index is 11.0. The highest BCUT2D eigenvalue weighted by molar-refractivity contribution is 7.16. The highest BCUT2D eigenvalue weighted by Gasteiger charge is 2.16. The van der Waals surface area contributed by atoms with Crippen molar-refractivity contribution in [3.05, 3.63) is 370 Å². The molecule has 0 aliphatic rings. The van der Waals surface area contributed by atoms with Gasteiger partial charge >= 0.3 is 0 Å². The molecule has 6 aromatic carbocycles. The average molecular weight is 1990 g/mol. The van der Waals surface area contributed by atoms with Crippen LogP contribution >= 0.6 is 11.3 Å². The molecule has 0 bridgehead atoms. The summed E-state index contributed by atoms with van der Waals surface area (Å²) in [5.41, 5.74) is 15.4. The van der Waals surface area contributed by atoms with Gasteiger partial charge in [0, 0.05) is 119 Å². The van der Waals surface area contributed by atoms with Crippen molar-refractivity contribution in [2.45, 2.75) is 206 Å². The Hall–Kier alpha value is -16.8. The van der Waals surface area contributed by atoms with Crippen molar-refractivity contribution < 1.29 is 95.9 Å². The predicted octanol–water partition coefficient (Wildman–Crippen LogP) is 22.1. The monoisotopic (exact) mass is 1990 g/mol. The number of carbonyl (C=O) groups is 20. The zero-order chi connectivity index (χ0) is 110. The van der Waals surface area contributed by atoms with Gasteiger partial charge in [-0.15, -0.1) is 11.3 Å². The van der Waals surface area contributed by atoms with Gasteiger partial charge in [0.15, 0.2) is 127 Å². The minimum Gasteiger partial charge on any atom is -0.295 e. The molecule has 7 aromatic heterocycles. The molecule has 0 saturated carbocycles. The second kappa shape index (κ2) is 66.8. The number of hydrogen-bond acceptors (Lipinski definition) is 30. The Kier molecular flexibility index (Phi) is 58.1. The Morgan fingerprint density at radius 2 is 0.600 bits per heavy atom. The first kappa shape index (κ1) is 126. The lowest BCUT2D eigenvalue weighted by atomic mass is 10.0. The highest BCUT2D eigenvalue weighted by Crippen LogP contribution is 2.19. The van der Waals surface area contributed by atoms with Crippen molar-refractivity contribution in [2.24, 2.45) is 0 Å². The maximum atomic E-state index is 11.0. The van der Waals surface area contributed by atoms with Crippen LogP contribution in [0.3, 0.4) is 0 Å². The summed E-state index contributed by atoms with van der Waals surface area (Å²) in [5, 5.41) is 12.2. The molecule has 0 unspecified atom stereocenters. The smallest absolute Gasteiger partial charge is 0.199 e. The van der Waals surface area contributed by atoms with Crippen LogP contribution in [0.1, 0.15) is 407 Å². The number of aryl methyl sites for hydroxylation is 6. The molecule has 2 N–H and O–H groups in total. The van der Waals surface area contributed by atoms with Crippen LogP contribution in [0.4, 0.5) is 0 Å². The van der Waals surface area contributed by atoms with E-state index >= 15 is 0 Å². The Morgan fingerprint density at radius 1 is 0.248 bits per heavy atom. The number of thiophene rings is 1. The first-order valence-electron chi connectivity index (χ1n) is 45.4. The summed E-state index contributed by atoms with van der Waals surface area (Å²) in [6.45, 7) is 41.6. The van der Waals surface area contributed by atoms with Crippen LogP contribution in [0, 0.1) is 13.8 Å². The lowest BCUT2D eigenvalue weighted by Crippen LogP contribution is -2.08. The second-order valence-electron chi connectivity index (χ2n) is 31.8. The number of nitrogens with one attached hydrogen (secondary N) is 2. The number of nitrogens with zero attached hydrogens (tertiary/aromatic N) is 9. The van der Waals surface area contributed by atoms with Crippen molar-refractivity contribution in [3.63, 3.8) is 0 Å². The molecule has 32 heteroatoms. The van der Waals surface area contributed by atoms with Crippen molar-refractivity contribution in [2.75, 3.05) is 0 Å². The largest absolute Gasteiger partial charge is 0.295 e. The number of ketones is 20. The van der Waals surface area contributed by atoms with E-state index in [9.17, 15) is 95.9 Å². The summed E-state index contributed by atoms with van der Waals surface area (Å²) >= 11 is 1.25. The molecular formula is C113H125N11O20S. The van der Waals surface area contributed by atoms with Gasteiger partial charge in [0.1, 0.15) is 46.2 Å². The highest BCUT2D eigenvalue weighted by atomic mass is 32.1. The molecule has 13 rings (SSSR count). The summed E-state index contributed by atoms with van der Waals surface area (Å²) in [7, 11) is 0. The molecule has 145 heavy (non-hydrogen) atoms. The number of aromatic amines is 2. The van der Waals surface area contributed by atoms with Crippen molar-refractivity contribution in [3.8, 4) is 0 Å². The third kappa shape index (κ3) is 49.8. The summed E-state index contributed by atoms with van der Waals surface area (Å²) in [5.74, 6) is -1.92. The Bertz CT molecular complexity index is 5940. The lowest BCUT2D eigenvalue weighted by molar-refractivity contribution is 0.0978. The van der Waals surface area contributed by atoms with Crippen LogP contribution in [0.15, 0.2) is 225 Å². The van der Waals surface area contributed by atoms with E-state index in [-0.39, 0.29) is 144 Å². The van der Waals surface area contributed by atoms with E-state index in [0.717, 1.165) is 32.0 Å². The lowest BCUT2D eigenvalue weighted by Gasteiger charge is -2.00. The number of rotatable bonds is 24. The number of aromatic nitrogens is 11. The van der Waals surface area contributed by atoms with Gasteiger partial charge in [0.2, 0.25) is 0 Å². The van der Waals surface area contributed by atoms with E-state index in [1.165, 1.54) is 220 Å². The van der Waals surface area contributed by atoms with Gasteiger partial charge < -0.3 is 0 Å². The van der Waals surface area contributed by atoms with E-state index < -0.39 is 0 Å². The van der Waals surface area contributed by atoms with Gasteiger partial charge in [-0.2, -0.15) is 10.2 Å². The van der Waals surface area contributed by atoms with Crippen LogP contribution < -0.4 is 0 Å². The molecule has 0 fully saturated rings. The van der Waals surface area contributed by atoms with E-state index in [2.05, 4.69) is 170 Å². The molecule has 0 aliphatic heterocycles. The normalized spacial score (nSPS) is 9.56. The third-order valence-corrected chi connectivity index (χ3v) is 20.8. The molecule has 758 valence electrons. The molecule has 0 aliphatic carbocycles. The fraction of sp³-hybridized carbons (Fsp3) is 0.265. The van der Waals surface area contributed by atoms with Gasteiger partial charge in [-0.25, -0.2) is 29.9 Å². The number of carbonyl (C=O) groups excluding carboxylic acids is 20. The van der Waals surface area contributed by atoms with E-state index in [1.54, 1.807) is 109 Å². The molecule has 0 atom stereocenters. The summed E-state index contributed by atoms with van der Waals surface area (Å²) in [6, 6.07) is 57.5. The molecular weight excluding hydrogens is 1860 g/mol. The van der Waals surface area contributed by atoms with Crippen LogP contribution in [-0.4, -0.2) is 171 Å². The minimum atomic E-state index is -0.278. The number of pyridine rings is 2. The molecule has 0 radical (unpaired) electrons. The molecule has 0 saturated heterocycles. The van der Waals surface area contributed by atoms with Crippen molar-refractivity contribution >= 4 is 127 Å². The fourth-order valence-electron chi connectivity index (χ4n) is 11.1. The Morgan fingerprint density at radius 3 is 0.876 bits per heavy atom. The maximum Gasteiger partial charge on any atom is 0.199 e. The standard InChI is InChI=1S/3C10H10O2.2C10H14.2C9H9NO2.C8H8N2O2.C8H8O2S.C8H10.C7H7N3O2.2C7H8N2O2/c1-7(11)9-3-5-10(6-4-9)8(2)12;1-7(11)9-4-3-5-10(6-9)8(2)12;1-7(11)9-5-3-4-6-10(9)8(2)12;1-3-9-5-7-10(4-2)8-6-9;1-3-9-6-5-7-10(4-2)8-9;1-6(11)8-3-9(7(2)12)5-10-4-8;1-6(11)8-4-3-5-9(10-8)7(2)12;1-5(11)7-3-10-8(4-9-7)6(2)12;1-5(9)7-3-4-8(11-7)6(2)10;1-7-4-3-5-8(2)6-7;1-4(11)6-8-3-9-7(10-6)5(2)12;1-4(10)6-3-8-9-7(6)5(2)11;1-4(10)6-3-7(5(2)11)9-8-6/h3*3-6H,1-2H3;2*5-8H,3-4H2,1-2H3;2*3-5H,1-2H3;3-4H,1-2H3;3-4H,1-2H3;3-6H,1-2H3;3H,1-2H3;2*3H,1-2H3,(H,8,9). The summed E-state index contributed by atoms with van der Waals surface area (Å²) in [4.78, 5) is 244. The van der Waals surface area contributed by atoms with Gasteiger partial charge in [0.25, 0.3) is 0 Å². The SMILES string of the molecule is CC(=O)c1cc(C(C)=O)[nH]n1.CC(=O)c1ccc(C(C)=O)cc1.CC(=O)c1ccc(C(C)=O)s1.CC(=O)c1cccc(C(C)=O)c1.CC(=O)c1cccc(C(C)=O)n1.CC(=O)c1ccccc1C(C)=O.CC(=O)c1cn[nH]c1C(C)=O.CC(=O)c1cnc(C(C)=O)cn1.CC(=O)c1cncc(C(C)=O)c1.CC(=O)c1ncnc(C(C)=O)n1.CCc1ccc(CC)cc1.CCc1cccc(CC)c1.Cc1cccc(C)c1. The van der Waals surface area contributed by atoms with E-state index in [1.807, 2.05) is 0 Å². The molecule has 7 heterocycles. The van der Waals surface area contributed by atoms with Crippen LogP contribution in [0.2, 0.25) is 0 Å². The number of H-pyrrole nitrogens is 2. The fourth-order valence-corrected chi connectivity index (χ4v) is 11.9. The summed E-state index contributed by atoms with van der Waals surface area (Å²) in [6.07, 6.45) is 12.6. The molecule has 13 aromatic rings. The average Bonchev–Trinajstić information content (AvgIpc) is 1.70. The van der Waals surface area contributed by atoms with Crippen LogP contribution in [0.25, 0.3) is 0 Å². The quantitative estimate of drug-likeness (QED) is 0.0530. The third-order valence-electron chi connectivity index (χ3n) is 19.5. The van der Waals surface area contributed by atoms with Crippen LogP contribution in [0.5, 0.6) is 0 Å². The van der Waals surface area contributed by atoms with Gasteiger partial charge in [0.05, 0.1) is 33.9 Å². The Labute approximate surface area is 849 Å². The van der Waals surface area contributed by atoms with E-state index in [0.29, 0.717) is 82.6 Å². The minimum absolute atomic E-state index is 0.0156. The van der Waals surface area contributed by atoms with Gasteiger partial charge in [-0.05, 0) is 180 Å². The molecule has 0 amide bonds. The van der Waals surface area contributed by atoms with Gasteiger partial charge in [-0.3, -0.25) is 111 Å². The first-order valence-corrected chi connectivity index (χ1v) is 46.3. The van der Waals surface area contributed by atoms with Crippen molar-refractivity contribution in [1.29, 1.82) is 0 Å².